The van der Waals surface area contributed by atoms with E-state index in [2.05, 4.69) is 15.3 Å². The molecule has 3 heterocycles. The lowest BCUT2D eigenvalue weighted by molar-refractivity contribution is -0.115. The van der Waals surface area contributed by atoms with E-state index >= 15 is 0 Å². The third-order valence-electron chi connectivity index (χ3n) is 2.92. The molecule has 0 unspecified atom stereocenters. The molecule has 5 heteroatoms. The monoisotopic (exact) mass is 267 g/mol. The zero-order valence-corrected chi connectivity index (χ0v) is 10.7. The molecule has 0 saturated carbocycles. The second-order valence-corrected chi connectivity index (χ2v) is 4.41. The van der Waals surface area contributed by atoms with Crippen molar-refractivity contribution in [2.24, 2.45) is 4.99 Å². The Labute approximate surface area is 116 Å². The molecule has 2 aromatic rings. The molecule has 1 aliphatic heterocycles. The van der Waals surface area contributed by atoms with Crippen molar-refractivity contribution in [2.45, 2.75) is 12.8 Å². The summed E-state index contributed by atoms with van der Waals surface area (Å²) in [7, 11) is 0. The highest BCUT2D eigenvalue weighted by Crippen LogP contribution is 2.13. The molecule has 0 spiro atoms. The van der Waals surface area contributed by atoms with E-state index in [-0.39, 0.29) is 5.91 Å². The van der Waals surface area contributed by atoms with Crippen LogP contribution in [0.25, 0.3) is 6.08 Å². The Morgan fingerprint density at radius 2 is 2.20 bits per heavy atom. The Morgan fingerprint density at radius 3 is 2.95 bits per heavy atom. The van der Waals surface area contributed by atoms with Crippen LogP contribution in [0.5, 0.6) is 0 Å². The fourth-order valence-corrected chi connectivity index (χ4v) is 1.95. The van der Waals surface area contributed by atoms with E-state index in [1.807, 2.05) is 24.3 Å². The molecule has 5 nitrogen and oxygen atoms in total. The van der Waals surface area contributed by atoms with Gasteiger partial charge in [0.15, 0.2) is 0 Å². The summed E-state index contributed by atoms with van der Waals surface area (Å²) in [4.78, 5) is 20.1. The normalized spacial score (nSPS) is 16.3. The summed E-state index contributed by atoms with van der Waals surface area (Å²) < 4.78 is 5.25. The van der Waals surface area contributed by atoms with Crippen LogP contribution < -0.4 is 5.32 Å². The van der Waals surface area contributed by atoms with Gasteiger partial charge in [0.05, 0.1) is 6.26 Å². The van der Waals surface area contributed by atoms with E-state index in [9.17, 15) is 4.79 Å². The number of aryl methyl sites for hydroxylation is 1. The summed E-state index contributed by atoms with van der Waals surface area (Å²) in [6, 6.07) is 7.45. The Kier molecular flexibility index (Phi) is 3.41. The number of rotatable bonds is 4. The second kappa shape index (κ2) is 5.52. The van der Waals surface area contributed by atoms with Crippen molar-refractivity contribution in [1.82, 2.24) is 10.3 Å². The topological polar surface area (TPSA) is 67.5 Å². The number of amides is 1. The highest BCUT2D eigenvalue weighted by atomic mass is 16.3. The molecule has 0 aliphatic carbocycles. The second-order valence-electron chi connectivity index (χ2n) is 4.41. The number of hydrogen-bond donors (Lipinski definition) is 1. The average molecular weight is 267 g/mol. The molecular formula is C15H13N3O2. The molecule has 100 valence electrons. The summed E-state index contributed by atoms with van der Waals surface area (Å²) >= 11 is 0. The van der Waals surface area contributed by atoms with Crippen LogP contribution in [0.1, 0.15) is 17.7 Å². The van der Waals surface area contributed by atoms with Crippen molar-refractivity contribution in [2.75, 3.05) is 0 Å². The SMILES string of the molecule is O=C1NC(CCc2ccco2)=N/C1=C/c1cccnc1. The molecule has 3 rings (SSSR count). The van der Waals surface area contributed by atoms with Gasteiger partial charge in [-0.2, -0.15) is 0 Å². The van der Waals surface area contributed by atoms with Crippen LogP contribution in [0.3, 0.4) is 0 Å². The van der Waals surface area contributed by atoms with Crippen LogP contribution in [-0.2, 0) is 11.2 Å². The average Bonchev–Trinajstić information content (AvgIpc) is 3.08. The number of pyridine rings is 1. The number of nitrogens with one attached hydrogen (secondary N) is 1. The minimum absolute atomic E-state index is 0.178. The molecule has 20 heavy (non-hydrogen) atoms. The van der Waals surface area contributed by atoms with Gasteiger partial charge in [0.2, 0.25) is 0 Å². The van der Waals surface area contributed by atoms with Crippen LogP contribution in [-0.4, -0.2) is 16.7 Å². The number of furan rings is 1. The van der Waals surface area contributed by atoms with E-state index < -0.39 is 0 Å². The number of aliphatic imine (C=N–C) groups is 1. The number of nitrogens with zero attached hydrogens (tertiary/aromatic N) is 2. The molecule has 1 aliphatic rings. The predicted molar refractivity (Wildman–Crippen MR) is 74.8 cm³/mol. The van der Waals surface area contributed by atoms with Gasteiger partial charge in [0.1, 0.15) is 17.3 Å². The van der Waals surface area contributed by atoms with Crippen LogP contribution in [0.4, 0.5) is 0 Å². The summed E-state index contributed by atoms with van der Waals surface area (Å²) in [5.74, 6) is 1.37. The first-order chi connectivity index (χ1) is 9.81. The van der Waals surface area contributed by atoms with Crippen molar-refractivity contribution < 1.29 is 9.21 Å². The lowest BCUT2D eigenvalue weighted by atomic mass is 10.2. The van der Waals surface area contributed by atoms with Crippen molar-refractivity contribution in [3.63, 3.8) is 0 Å². The Balaban J connectivity index is 1.70. The van der Waals surface area contributed by atoms with Gasteiger partial charge in [-0.1, -0.05) is 6.07 Å². The van der Waals surface area contributed by atoms with Crippen molar-refractivity contribution in [3.05, 3.63) is 59.9 Å². The first kappa shape index (κ1) is 12.3. The summed E-state index contributed by atoms with van der Waals surface area (Å²) in [5.41, 5.74) is 1.26. The largest absolute Gasteiger partial charge is 0.469 e. The standard InChI is InChI=1S/C15H13N3O2/c19-15-13(9-11-3-1-7-16-10-11)17-14(18-15)6-5-12-4-2-8-20-12/h1-4,7-10H,5-6H2,(H,17,18,19)/b13-9+. The number of carbonyl (C=O) groups excluding carboxylic acids is 1. The maximum Gasteiger partial charge on any atom is 0.275 e. The van der Waals surface area contributed by atoms with Gasteiger partial charge in [-0.25, -0.2) is 4.99 Å². The number of carbonyl (C=O) groups is 1. The van der Waals surface area contributed by atoms with Crippen molar-refractivity contribution in [1.29, 1.82) is 0 Å². The van der Waals surface area contributed by atoms with Gasteiger partial charge < -0.3 is 9.73 Å². The lowest BCUT2D eigenvalue weighted by Gasteiger charge is -1.97. The van der Waals surface area contributed by atoms with Crippen molar-refractivity contribution in [3.8, 4) is 0 Å². The smallest absolute Gasteiger partial charge is 0.275 e. The Hall–Kier alpha value is -2.69. The first-order valence-corrected chi connectivity index (χ1v) is 6.34. The zero-order chi connectivity index (χ0) is 13.8. The molecule has 0 saturated heterocycles. The highest BCUT2D eigenvalue weighted by molar-refractivity contribution is 6.14. The Bertz CT molecular complexity index is 658. The molecule has 0 radical (unpaired) electrons. The minimum Gasteiger partial charge on any atom is -0.469 e. The van der Waals surface area contributed by atoms with Gasteiger partial charge in [-0.3, -0.25) is 9.78 Å². The molecular weight excluding hydrogens is 254 g/mol. The maximum absolute atomic E-state index is 11.8. The van der Waals surface area contributed by atoms with Gasteiger partial charge in [0.25, 0.3) is 5.91 Å². The molecule has 1 amide bonds. The summed E-state index contributed by atoms with van der Waals surface area (Å²) in [6.07, 6.45) is 8.10. The van der Waals surface area contributed by atoms with Gasteiger partial charge in [-0.15, -0.1) is 0 Å². The first-order valence-electron chi connectivity index (χ1n) is 6.34. The van der Waals surface area contributed by atoms with Crippen LogP contribution >= 0.6 is 0 Å². The van der Waals surface area contributed by atoms with E-state index in [1.165, 1.54) is 0 Å². The zero-order valence-electron chi connectivity index (χ0n) is 10.7. The number of aromatic nitrogens is 1. The fourth-order valence-electron chi connectivity index (χ4n) is 1.95. The molecule has 0 aromatic carbocycles. The van der Waals surface area contributed by atoms with Crippen LogP contribution in [0.2, 0.25) is 0 Å². The highest BCUT2D eigenvalue weighted by Gasteiger charge is 2.19. The maximum atomic E-state index is 11.8. The van der Waals surface area contributed by atoms with Crippen molar-refractivity contribution >= 4 is 17.8 Å². The van der Waals surface area contributed by atoms with Gasteiger partial charge in [0, 0.05) is 25.2 Å². The molecule has 0 fully saturated rings. The minimum atomic E-state index is -0.178. The number of hydrogen-bond acceptors (Lipinski definition) is 4. The molecule has 2 aromatic heterocycles. The van der Waals surface area contributed by atoms with Crippen LogP contribution in [0, 0.1) is 0 Å². The van der Waals surface area contributed by atoms with Gasteiger partial charge >= 0.3 is 0 Å². The molecule has 0 bridgehead atoms. The fraction of sp³-hybridized carbons (Fsp3) is 0.133. The predicted octanol–water partition coefficient (Wildman–Crippen LogP) is 2.18. The lowest BCUT2D eigenvalue weighted by Crippen LogP contribution is -2.24. The van der Waals surface area contributed by atoms with E-state index in [1.54, 1.807) is 24.7 Å². The number of amidine groups is 1. The molecule has 1 N–H and O–H groups in total. The summed E-state index contributed by atoms with van der Waals surface area (Å²) in [5, 5.41) is 2.77. The Morgan fingerprint density at radius 1 is 1.25 bits per heavy atom. The third kappa shape index (κ3) is 2.83. The molecule has 0 atom stereocenters. The van der Waals surface area contributed by atoms with E-state index in [0.717, 1.165) is 11.3 Å². The third-order valence-corrected chi connectivity index (χ3v) is 2.92. The van der Waals surface area contributed by atoms with E-state index in [0.29, 0.717) is 24.4 Å². The van der Waals surface area contributed by atoms with Gasteiger partial charge in [-0.05, 0) is 29.8 Å². The summed E-state index contributed by atoms with van der Waals surface area (Å²) in [6.45, 7) is 0. The van der Waals surface area contributed by atoms with Crippen LogP contribution in [0.15, 0.2) is 58.0 Å². The van der Waals surface area contributed by atoms with E-state index in [4.69, 9.17) is 4.42 Å². The quantitative estimate of drug-likeness (QED) is 0.863.